The van der Waals surface area contributed by atoms with E-state index in [4.69, 9.17) is 9.47 Å². The van der Waals surface area contributed by atoms with Crippen molar-refractivity contribution in [1.29, 1.82) is 0 Å². The van der Waals surface area contributed by atoms with E-state index in [1.165, 1.54) is 0 Å². The second kappa shape index (κ2) is 7.82. The van der Waals surface area contributed by atoms with Gasteiger partial charge in [0, 0.05) is 24.1 Å². The van der Waals surface area contributed by atoms with E-state index in [1.807, 2.05) is 6.92 Å². The Morgan fingerprint density at radius 2 is 1.69 bits per heavy atom. The molecule has 0 saturated carbocycles. The number of carbonyl (C=O) groups excluding carboxylic acids is 1. The number of sulfonamides is 1. The molecule has 0 radical (unpaired) electrons. The largest absolute Gasteiger partial charge is 0.494 e. The average Bonchev–Trinajstić information content (AvgIpc) is 2.82. The first-order chi connectivity index (χ1) is 12.2. The van der Waals surface area contributed by atoms with Gasteiger partial charge in [0.05, 0.1) is 13.2 Å². The van der Waals surface area contributed by atoms with Crippen LogP contribution in [0.25, 0.3) is 0 Å². The average molecular weight is 380 g/mol. The summed E-state index contributed by atoms with van der Waals surface area (Å²) in [5, 5.41) is 0. The first-order valence-corrected chi connectivity index (χ1v) is 9.79. The van der Waals surface area contributed by atoms with Crippen molar-refractivity contribution < 1.29 is 22.7 Å². The van der Waals surface area contributed by atoms with Gasteiger partial charge in [-0.1, -0.05) is 0 Å². The maximum absolute atomic E-state index is 13.0. The molecule has 0 atom stereocenters. The number of nitrogens with one attached hydrogen (secondary N) is 1. The summed E-state index contributed by atoms with van der Waals surface area (Å²) < 4.78 is 40.5. The molecule has 1 aromatic carbocycles. The second-order valence-electron chi connectivity index (χ2n) is 5.72. The molecular weight excluding hydrogens is 356 g/mol. The molecule has 0 aliphatic heterocycles. The highest BCUT2D eigenvalue weighted by molar-refractivity contribution is 7.92. The molecule has 0 unspecified atom stereocenters. The summed E-state index contributed by atoms with van der Waals surface area (Å²) in [6.07, 6.45) is 0. The molecule has 1 N–H and O–H groups in total. The van der Waals surface area contributed by atoms with Crippen molar-refractivity contribution in [2.75, 3.05) is 17.9 Å². The van der Waals surface area contributed by atoms with Crippen molar-refractivity contribution in [3.8, 4) is 5.75 Å². The lowest BCUT2D eigenvalue weighted by atomic mass is 10.2. The Kier molecular flexibility index (Phi) is 5.97. The number of hydrogen-bond acceptors (Lipinski definition) is 5. The van der Waals surface area contributed by atoms with E-state index in [0.29, 0.717) is 29.4 Å². The number of anilines is 1. The Morgan fingerprint density at radius 1 is 1.08 bits per heavy atom. The molecule has 0 aliphatic carbocycles. The third kappa shape index (κ3) is 3.85. The molecule has 26 heavy (non-hydrogen) atoms. The lowest BCUT2D eigenvalue weighted by Gasteiger charge is -2.11. The van der Waals surface area contributed by atoms with Gasteiger partial charge in [0.25, 0.3) is 10.0 Å². The normalized spacial score (nSPS) is 11.3. The zero-order valence-corrected chi connectivity index (χ0v) is 16.4. The van der Waals surface area contributed by atoms with Crippen LogP contribution >= 0.6 is 0 Å². The molecular formula is C18H24N2O5S. The first kappa shape index (κ1) is 19.8. The third-order valence-electron chi connectivity index (χ3n) is 4.09. The SMILES string of the molecule is CCOC(=O)c1c(S(=O)(=O)Nc2ccc(OCC)cc2)c(C)n(C)c1C. The van der Waals surface area contributed by atoms with Crippen molar-refractivity contribution in [3.63, 3.8) is 0 Å². The monoisotopic (exact) mass is 380 g/mol. The van der Waals surface area contributed by atoms with Gasteiger partial charge in [0.1, 0.15) is 16.2 Å². The summed E-state index contributed by atoms with van der Waals surface area (Å²) in [6.45, 7) is 7.58. The molecule has 1 heterocycles. The van der Waals surface area contributed by atoms with Crippen molar-refractivity contribution in [1.82, 2.24) is 4.57 Å². The van der Waals surface area contributed by atoms with E-state index in [0.717, 1.165) is 0 Å². The Bertz CT molecular complexity index is 899. The lowest BCUT2D eigenvalue weighted by Crippen LogP contribution is -2.18. The van der Waals surface area contributed by atoms with Crippen LogP contribution in [0, 0.1) is 13.8 Å². The van der Waals surface area contributed by atoms with E-state index >= 15 is 0 Å². The molecule has 2 aromatic rings. The number of rotatable bonds is 7. The maximum Gasteiger partial charge on any atom is 0.341 e. The maximum atomic E-state index is 13.0. The van der Waals surface area contributed by atoms with E-state index in [-0.39, 0.29) is 17.1 Å². The van der Waals surface area contributed by atoms with Crippen LogP contribution in [0.4, 0.5) is 5.69 Å². The van der Waals surface area contributed by atoms with E-state index in [9.17, 15) is 13.2 Å². The molecule has 0 amide bonds. The minimum absolute atomic E-state index is 0.0605. The Hall–Kier alpha value is -2.48. The van der Waals surface area contributed by atoms with Gasteiger partial charge in [-0.25, -0.2) is 13.2 Å². The van der Waals surface area contributed by atoms with Gasteiger partial charge in [-0.2, -0.15) is 0 Å². The fraction of sp³-hybridized carbons (Fsp3) is 0.389. The van der Waals surface area contributed by atoms with Crippen molar-refractivity contribution in [2.45, 2.75) is 32.6 Å². The van der Waals surface area contributed by atoms with Crippen LogP contribution in [0.1, 0.15) is 35.6 Å². The van der Waals surface area contributed by atoms with Gasteiger partial charge in [0.2, 0.25) is 0 Å². The van der Waals surface area contributed by atoms with E-state index < -0.39 is 16.0 Å². The summed E-state index contributed by atoms with van der Waals surface area (Å²) in [7, 11) is -2.27. The summed E-state index contributed by atoms with van der Waals surface area (Å²) in [4.78, 5) is 12.3. The minimum Gasteiger partial charge on any atom is -0.494 e. The molecule has 8 heteroatoms. The highest BCUT2D eigenvalue weighted by Gasteiger charge is 2.31. The Morgan fingerprint density at radius 3 is 2.23 bits per heavy atom. The predicted molar refractivity (Wildman–Crippen MR) is 99.3 cm³/mol. The summed E-state index contributed by atoms with van der Waals surface area (Å²) >= 11 is 0. The van der Waals surface area contributed by atoms with Gasteiger partial charge in [-0.15, -0.1) is 0 Å². The fourth-order valence-corrected chi connectivity index (χ4v) is 4.26. The Balaban J connectivity index is 2.45. The highest BCUT2D eigenvalue weighted by atomic mass is 32.2. The molecule has 0 saturated heterocycles. The zero-order valence-electron chi connectivity index (χ0n) is 15.6. The van der Waals surface area contributed by atoms with Crippen LogP contribution < -0.4 is 9.46 Å². The first-order valence-electron chi connectivity index (χ1n) is 8.31. The molecule has 1 aromatic heterocycles. The third-order valence-corrected chi connectivity index (χ3v) is 5.63. The second-order valence-corrected chi connectivity index (χ2v) is 7.34. The van der Waals surface area contributed by atoms with Gasteiger partial charge >= 0.3 is 5.97 Å². The van der Waals surface area contributed by atoms with E-state index in [1.54, 1.807) is 56.7 Å². The van der Waals surface area contributed by atoms with Crippen LogP contribution in [0.2, 0.25) is 0 Å². The number of hydrogen-bond donors (Lipinski definition) is 1. The fourth-order valence-electron chi connectivity index (χ4n) is 2.68. The molecule has 0 aliphatic rings. The Labute approximate surface area is 154 Å². The quantitative estimate of drug-likeness (QED) is 0.746. The molecule has 7 nitrogen and oxygen atoms in total. The van der Waals surface area contributed by atoms with Crippen LogP contribution in [0.3, 0.4) is 0 Å². The molecule has 0 fully saturated rings. The predicted octanol–water partition coefficient (Wildman–Crippen LogP) is 3.02. The van der Waals surface area contributed by atoms with Crippen molar-refractivity contribution in [3.05, 3.63) is 41.2 Å². The lowest BCUT2D eigenvalue weighted by molar-refractivity contribution is 0.0521. The number of ether oxygens (including phenoxy) is 2. The van der Waals surface area contributed by atoms with Gasteiger partial charge in [-0.05, 0) is 52.0 Å². The van der Waals surface area contributed by atoms with Crippen molar-refractivity contribution >= 4 is 21.7 Å². The molecule has 2 rings (SSSR count). The van der Waals surface area contributed by atoms with Crippen molar-refractivity contribution in [2.24, 2.45) is 7.05 Å². The van der Waals surface area contributed by atoms with Crippen LogP contribution in [0.15, 0.2) is 29.2 Å². The van der Waals surface area contributed by atoms with Crippen LogP contribution in [-0.4, -0.2) is 32.2 Å². The number of nitrogens with zero attached hydrogens (tertiary/aromatic N) is 1. The topological polar surface area (TPSA) is 86.6 Å². The number of aromatic nitrogens is 1. The van der Waals surface area contributed by atoms with Gasteiger partial charge < -0.3 is 14.0 Å². The molecule has 0 bridgehead atoms. The van der Waals surface area contributed by atoms with E-state index in [2.05, 4.69) is 4.72 Å². The summed E-state index contributed by atoms with van der Waals surface area (Å²) in [5.74, 6) is -0.00448. The van der Waals surface area contributed by atoms with Gasteiger partial charge in [0.15, 0.2) is 0 Å². The summed E-state index contributed by atoms with van der Waals surface area (Å²) in [6, 6.07) is 6.57. The van der Waals surface area contributed by atoms with Crippen LogP contribution in [0.5, 0.6) is 5.75 Å². The highest BCUT2D eigenvalue weighted by Crippen LogP contribution is 2.29. The molecule has 0 spiro atoms. The summed E-state index contributed by atoms with van der Waals surface area (Å²) in [5.41, 5.74) is 1.44. The zero-order chi connectivity index (χ0) is 19.5. The number of benzene rings is 1. The molecule has 142 valence electrons. The minimum atomic E-state index is -3.98. The van der Waals surface area contributed by atoms with Crippen LogP contribution in [-0.2, 0) is 21.8 Å². The number of carbonyl (C=O) groups is 1. The van der Waals surface area contributed by atoms with Gasteiger partial charge in [-0.3, -0.25) is 4.72 Å². The number of esters is 1. The standard InChI is InChI=1S/C18H24N2O5S/c1-6-24-15-10-8-14(9-11-15)19-26(22,23)17-13(4)20(5)12(3)16(17)18(21)25-7-2/h8-11,19H,6-7H2,1-5H3. The smallest absolute Gasteiger partial charge is 0.341 e.